The molecule has 1 aromatic carbocycles. The highest BCUT2D eigenvalue weighted by Crippen LogP contribution is 2.41. The summed E-state index contributed by atoms with van der Waals surface area (Å²) in [4.78, 5) is 16.7. The SMILES string of the molecule is C=C(C)CN(CC)C(=O)c1cc2c(s1)-c1cc(OC)ccc1CC2. The lowest BCUT2D eigenvalue weighted by Crippen LogP contribution is -2.31. The van der Waals surface area contributed by atoms with E-state index in [2.05, 4.69) is 24.8 Å². The molecule has 3 nitrogen and oxygen atoms in total. The summed E-state index contributed by atoms with van der Waals surface area (Å²) in [6, 6.07) is 8.31. The number of nitrogens with zero attached hydrogens (tertiary/aromatic N) is 1. The Morgan fingerprint density at radius 2 is 2.04 bits per heavy atom. The summed E-state index contributed by atoms with van der Waals surface area (Å²) < 4.78 is 5.37. The van der Waals surface area contributed by atoms with E-state index in [1.54, 1.807) is 18.4 Å². The maximum atomic E-state index is 12.8. The molecule has 0 bridgehead atoms. The van der Waals surface area contributed by atoms with Gasteiger partial charge in [0.25, 0.3) is 5.91 Å². The first-order valence-corrected chi connectivity index (χ1v) is 9.08. The van der Waals surface area contributed by atoms with Gasteiger partial charge in [-0.2, -0.15) is 0 Å². The van der Waals surface area contributed by atoms with Gasteiger partial charge in [-0.3, -0.25) is 4.79 Å². The van der Waals surface area contributed by atoms with Gasteiger partial charge < -0.3 is 9.64 Å². The van der Waals surface area contributed by atoms with Crippen molar-refractivity contribution in [3.63, 3.8) is 0 Å². The van der Waals surface area contributed by atoms with Crippen LogP contribution in [-0.4, -0.2) is 31.0 Å². The van der Waals surface area contributed by atoms with Crippen LogP contribution in [-0.2, 0) is 12.8 Å². The summed E-state index contributed by atoms with van der Waals surface area (Å²) >= 11 is 1.60. The first kappa shape index (κ1) is 16.8. The second kappa shape index (κ2) is 6.81. The number of ether oxygens (including phenoxy) is 1. The molecular formula is C20H23NO2S. The smallest absolute Gasteiger partial charge is 0.264 e. The molecule has 24 heavy (non-hydrogen) atoms. The van der Waals surface area contributed by atoms with Crippen LogP contribution in [0.5, 0.6) is 5.75 Å². The number of carbonyl (C=O) groups excluding carboxylic acids is 1. The van der Waals surface area contributed by atoms with Crippen LogP contribution in [0.1, 0.15) is 34.6 Å². The average molecular weight is 341 g/mol. The van der Waals surface area contributed by atoms with Crippen LogP contribution in [0.4, 0.5) is 0 Å². The number of aryl methyl sites for hydroxylation is 2. The van der Waals surface area contributed by atoms with E-state index in [1.807, 2.05) is 24.8 Å². The van der Waals surface area contributed by atoms with E-state index < -0.39 is 0 Å². The summed E-state index contributed by atoms with van der Waals surface area (Å²) in [5.74, 6) is 0.963. The molecule has 1 heterocycles. The van der Waals surface area contributed by atoms with Crippen LogP contribution in [0.2, 0.25) is 0 Å². The molecule has 0 N–H and O–H groups in total. The van der Waals surface area contributed by atoms with E-state index in [0.29, 0.717) is 13.1 Å². The minimum Gasteiger partial charge on any atom is -0.497 e. The zero-order chi connectivity index (χ0) is 17.3. The van der Waals surface area contributed by atoms with E-state index in [0.717, 1.165) is 29.0 Å². The monoisotopic (exact) mass is 341 g/mol. The molecule has 0 atom stereocenters. The fourth-order valence-corrected chi connectivity index (χ4v) is 4.37. The Balaban J connectivity index is 1.96. The Morgan fingerprint density at radius 1 is 1.29 bits per heavy atom. The molecule has 0 saturated heterocycles. The van der Waals surface area contributed by atoms with Crippen molar-refractivity contribution in [1.29, 1.82) is 0 Å². The molecule has 1 amide bonds. The first-order valence-electron chi connectivity index (χ1n) is 8.27. The lowest BCUT2D eigenvalue weighted by Gasteiger charge is -2.20. The van der Waals surface area contributed by atoms with Crippen LogP contribution in [0.3, 0.4) is 0 Å². The highest BCUT2D eigenvalue weighted by atomic mass is 32.1. The van der Waals surface area contributed by atoms with Gasteiger partial charge >= 0.3 is 0 Å². The van der Waals surface area contributed by atoms with Gasteiger partial charge in [-0.25, -0.2) is 0 Å². The Morgan fingerprint density at radius 3 is 2.71 bits per heavy atom. The molecule has 2 aromatic rings. The summed E-state index contributed by atoms with van der Waals surface area (Å²) in [5.41, 5.74) is 4.82. The van der Waals surface area contributed by atoms with Crippen molar-refractivity contribution in [2.75, 3.05) is 20.2 Å². The molecule has 0 saturated carbocycles. The summed E-state index contributed by atoms with van der Waals surface area (Å²) in [6.45, 7) is 9.20. The molecule has 0 radical (unpaired) electrons. The zero-order valence-electron chi connectivity index (χ0n) is 14.5. The van der Waals surface area contributed by atoms with Crippen molar-refractivity contribution in [1.82, 2.24) is 4.90 Å². The molecule has 1 aliphatic carbocycles. The summed E-state index contributed by atoms with van der Waals surface area (Å²) in [5, 5.41) is 0. The zero-order valence-corrected chi connectivity index (χ0v) is 15.3. The van der Waals surface area contributed by atoms with E-state index in [1.165, 1.54) is 21.6 Å². The lowest BCUT2D eigenvalue weighted by atomic mass is 9.91. The highest BCUT2D eigenvalue weighted by molar-refractivity contribution is 7.17. The number of likely N-dealkylation sites (N-methyl/N-ethyl adjacent to an activating group) is 1. The van der Waals surface area contributed by atoms with Gasteiger partial charge in [-0.15, -0.1) is 11.3 Å². The van der Waals surface area contributed by atoms with E-state index in [-0.39, 0.29) is 5.91 Å². The Hall–Kier alpha value is -2.07. The van der Waals surface area contributed by atoms with Crippen molar-refractivity contribution in [2.45, 2.75) is 26.7 Å². The molecule has 1 aliphatic rings. The van der Waals surface area contributed by atoms with Crippen LogP contribution in [0.25, 0.3) is 10.4 Å². The molecule has 4 heteroatoms. The van der Waals surface area contributed by atoms with Crippen molar-refractivity contribution < 1.29 is 9.53 Å². The summed E-state index contributed by atoms with van der Waals surface area (Å²) in [7, 11) is 1.69. The van der Waals surface area contributed by atoms with Crippen LogP contribution in [0.15, 0.2) is 36.4 Å². The number of amides is 1. The van der Waals surface area contributed by atoms with Crippen LogP contribution >= 0.6 is 11.3 Å². The number of rotatable bonds is 5. The molecule has 3 rings (SSSR count). The Labute approximate surface area is 147 Å². The summed E-state index contributed by atoms with van der Waals surface area (Å²) in [6.07, 6.45) is 2.00. The molecule has 0 spiro atoms. The molecule has 0 unspecified atom stereocenters. The molecule has 1 aromatic heterocycles. The number of carbonyl (C=O) groups is 1. The molecular weight excluding hydrogens is 318 g/mol. The Bertz CT molecular complexity index is 791. The average Bonchev–Trinajstić information content (AvgIpc) is 3.03. The van der Waals surface area contributed by atoms with Gasteiger partial charge in [0.05, 0.1) is 12.0 Å². The minimum absolute atomic E-state index is 0.101. The number of hydrogen-bond acceptors (Lipinski definition) is 3. The third kappa shape index (κ3) is 3.11. The molecule has 126 valence electrons. The van der Waals surface area contributed by atoms with Crippen LogP contribution in [0, 0.1) is 0 Å². The van der Waals surface area contributed by atoms with Gasteiger partial charge in [0, 0.05) is 18.0 Å². The predicted molar refractivity (Wildman–Crippen MR) is 100 cm³/mol. The predicted octanol–water partition coefficient (Wildman–Crippen LogP) is 4.56. The normalized spacial score (nSPS) is 12.3. The van der Waals surface area contributed by atoms with E-state index in [9.17, 15) is 4.79 Å². The second-order valence-corrected chi connectivity index (χ2v) is 7.32. The maximum absolute atomic E-state index is 12.8. The van der Waals surface area contributed by atoms with Crippen molar-refractivity contribution in [3.8, 4) is 16.2 Å². The number of thiophene rings is 1. The number of fused-ring (bicyclic) bond motifs is 3. The lowest BCUT2D eigenvalue weighted by molar-refractivity contribution is 0.0783. The Kier molecular flexibility index (Phi) is 4.76. The van der Waals surface area contributed by atoms with Crippen LogP contribution < -0.4 is 4.74 Å². The van der Waals surface area contributed by atoms with Crippen molar-refractivity contribution in [3.05, 3.63) is 52.4 Å². The van der Waals surface area contributed by atoms with Crippen molar-refractivity contribution in [2.24, 2.45) is 0 Å². The fourth-order valence-electron chi connectivity index (χ4n) is 3.14. The molecule has 0 fully saturated rings. The fraction of sp³-hybridized carbons (Fsp3) is 0.350. The van der Waals surface area contributed by atoms with Crippen molar-refractivity contribution >= 4 is 17.2 Å². The quantitative estimate of drug-likeness (QED) is 0.746. The first-order chi connectivity index (χ1) is 11.5. The topological polar surface area (TPSA) is 29.5 Å². The van der Waals surface area contributed by atoms with Gasteiger partial charge in [-0.05, 0) is 61.6 Å². The number of benzene rings is 1. The van der Waals surface area contributed by atoms with Gasteiger partial charge in [-0.1, -0.05) is 18.2 Å². The molecule has 0 aliphatic heterocycles. The third-order valence-electron chi connectivity index (χ3n) is 4.37. The van der Waals surface area contributed by atoms with Gasteiger partial charge in [0.15, 0.2) is 0 Å². The second-order valence-electron chi connectivity index (χ2n) is 6.26. The highest BCUT2D eigenvalue weighted by Gasteiger charge is 2.24. The maximum Gasteiger partial charge on any atom is 0.264 e. The number of methoxy groups -OCH3 is 1. The minimum atomic E-state index is 0.101. The number of hydrogen-bond donors (Lipinski definition) is 0. The van der Waals surface area contributed by atoms with E-state index in [4.69, 9.17) is 4.74 Å². The van der Waals surface area contributed by atoms with Gasteiger partial charge in [0.1, 0.15) is 5.75 Å². The van der Waals surface area contributed by atoms with E-state index >= 15 is 0 Å². The van der Waals surface area contributed by atoms with Gasteiger partial charge in [0.2, 0.25) is 0 Å². The third-order valence-corrected chi connectivity index (χ3v) is 5.57. The standard InChI is InChI=1S/C20H23NO2S/c1-5-21(12-13(2)3)20(22)18-10-15-7-6-14-8-9-16(23-4)11-17(14)19(15)24-18/h8-11H,2,5-7,12H2,1,3-4H3. The largest absolute Gasteiger partial charge is 0.497 e.